The fourth-order valence-corrected chi connectivity index (χ4v) is 2.15. The number of aryl methyl sites for hydroxylation is 1. The highest BCUT2D eigenvalue weighted by atomic mass is 19.4. The number of hydrogen-bond donors (Lipinski definition) is 1. The molecule has 0 aliphatic rings. The Morgan fingerprint density at radius 1 is 0.900 bits per heavy atom. The molecule has 1 nitrogen and oxygen atoms in total. The van der Waals surface area contributed by atoms with E-state index in [0.29, 0.717) is 6.42 Å². The first-order valence-electron chi connectivity index (χ1n) is 6.36. The first-order chi connectivity index (χ1) is 9.48. The lowest BCUT2D eigenvalue weighted by atomic mass is 9.97. The van der Waals surface area contributed by atoms with Gasteiger partial charge in [-0.2, -0.15) is 13.2 Å². The number of hydrogen-bond acceptors (Lipinski definition) is 1. The zero-order valence-corrected chi connectivity index (χ0v) is 10.8. The van der Waals surface area contributed by atoms with Gasteiger partial charge in [-0.3, -0.25) is 0 Å². The summed E-state index contributed by atoms with van der Waals surface area (Å²) < 4.78 is 38.6. The summed E-state index contributed by atoms with van der Waals surface area (Å²) in [5.74, 6) is 0. The van der Waals surface area contributed by atoms with Crippen LogP contribution in [0.15, 0.2) is 54.6 Å². The van der Waals surface area contributed by atoms with E-state index in [0.717, 1.165) is 11.6 Å². The Balaban J connectivity index is 2.12. The molecule has 0 heterocycles. The van der Waals surface area contributed by atoms with Crippen LogP contribution in [0.25, 0.3) is 0 Å². The average Bonchev–Trinajstić information content (AvgIpc) is 2.45. The molecule has 0 aliphatic heterocycles. The average molecular weight is 280 g/mol. The molecule has 0 amide bonds. The maximum atomic E-state index is 12.9. The highest BCUT2D eigenvalue weighted by molar-refractivity contribution is 5.31. The molecule has 20 heavy (non-hydrogen) atoms. The molecule has 106 valence electrons. The summed E-state index contributed by atoms with van der Waals surface area (Å²) in [6.07, 6.45) is -4.76. The number of benzene rings is 2. The van der Waals surface area contributed by atoms with Gasteiger partial charge in [-0.25, -0.2) is 0 Å². The van der Waals surface area contributed by atoms with Crippen LogP contribution in [0.2, 0.25) is 0 Å². The van der Waals surface area contributed by atoms with Gasteiger partial charge in [0.25, 0.3) is 0 Å². The zero-order valence-electron chi connectivity index (χ0n) is 10.8. The summed E-state index contributed by atoms with van der Waals surface area (Å²) in [4.78, 5) is 0. The van der Waals surface area contributed by atoms with Gasteiger partial charge in [0, 0.05) is 0 Å². The van der Waals surface area contributed by atoms with E-state index in [1.807, 2.05) is 30.3 Å². The van der Waals surface area contributed by atoms with Crippen LogP contribution in [0.1, 0.15) is 29.2 Å². The first-order valence-corrected chi connectivity index (χ1v) is 6.36. The maximum Gasteiger partial charge on any atom is 0.416 e. The van der Waals surface area contributed by atoms with Gasteiger partial charge in [0.2, 0.25) is 0 Å². The van der Waals surface area contributed by atoms with Gasteiger partial charge in [0.15, 0.2) is 0 Å². The van der Waals surface area contributed by atoms with Crippen molar-refractivity contribution >= 4 is 0 Å². The Morgan fingerprint density at radius 2 is 1.50 bits per heavy atom. The summed E-state index contributed by atoms with van der Waals surface area (Å²) in [7, 11) is 0. The van der Waals surface area contributed by atoms with Crippen molar-refractivity contribution < 1.29 is 18.3 Å². The molecule has 1 atom stereocenters. The topological polar surface area (TPSA) is 20.2 Å². The molecule has 4 heteroatoms. The molecule has 0 saturated heterocycles. The minimum Gasteiger partial charge on any atom is -0.388 e. The largest absolute Gasteiger partial charge is 0.416 e. The van der Waals surface area contributed by atoms with Gasteiger partial charge < -0.3 is 5.11 Å². The van der Waals surface area contributed by atoms with Crippen LogP contribution in [-0.4, -0.2) is 5.11 Å². The molecular weight excluding hydrogens is 265 g/mol. The molecule has 1 N–H and O–H groups in total. The van der Waals surface area contributed by atoms with E-state index in [1.165, 1.54) is 18.2 Å². The number of alkyl halides is 3. The van der Waals surface area contributed by atoms with Crippen molar-refractivity contribution in [1.29, 1.82) is 0 Å². The highest BCUT2D eigenvalue weighted by Crippen LogP contribution is 2.35. The summed E-state index contributed by atoms with van der Waals surface area (Å²) >= 11 is 0. The second kappa shape index (κ2) is 6.09. The molecule has 0 aromatic heterocycles. The van der Waals surface area contributed by atoms with Crippen LogP contribution in [0.4, 0.5) is 13.2 Å². The van der Waals surface area contributed by atoms with Crippen LogP contribution in [0.3, 0.4) is 0 Å². The minimum absolute atomic E-state index is 0.0593. The fraction of sp³-hybridized carbons (Fsp3) is 0.250. The maximum absolute atomic E-state index is 12.9. The van der Waals surface area contributed by atoms with Crippen LogP contribution in [0.5, 0.6) is 0 Å². The fourth-order valence-electron chi connectivity index (χ4n) is 2.15. The van der Waals surface area contributed by atoms with Gasteiger partial charge in [0.05, 0.1) is 11.7 Å². The number of rotatable bonds is 4. The number of aliphatic hydroxyl groups is 1. The van der Waals surface area contributed by atoms with Crippen molar-refractivity contribution in [1.82, 2.24) is 0 Å². The Morgan fingerprint density at radius 3 is 2.15 bits per heavy atom. The van der Waals surface area contributed by atoms with Crippen LogP contribution in [-0.2, 0) is 12.6 Å². The molecule has 2 aromatic rings. The smallest absolute Gasteiger partial charge is 0.388 e. The SMILES string of the molecule is OC(CCc1ccccc1)c1ccccc1C(F)(F)F. The first kappa shape index (κ1) is 14.6. The van der Waals surface area contributed by atoms with Crippen molar-refractivity contribution in [2.75, 3.05) is 0 Å². The quantitative estimate of drug-likeness (QED) is 0.881. The van der Waals surface area contributed by atoms with Crippen molar-refractivity contribution in [3.05, 3.63) is 71.3 Å². The van der Waals surface area contributed by atoms with Gasteiger partial charge in [-0.15, -0.1) is 0 Å². The van der Waals surface area contributed by atoms with Gasteiger partial charge >= 0.3 is 6.18 Å². The van der Waals surface area contributed by atoms with Gasteiger partial charge in [0.1, 0.15) is 0 Å². The normalized spacial score (nSPS) is 13.2. The molecular formula is C16H15F3O. The van der Waals surface area contributed by atoms with E-state index in [2.05, 4.69) is 0 Å². The van der Waals surface area contributed by atoms with Crippen molar-refractivity contribution in [3.8, 4) is 0 Å². The van der Waals surface area contributed by atoms with E-state index < -0.39 is 17.8 Å². The van der Waals surface area contributed by atoms with Gasteiger partial charge in [-0.05, 0) is 30.0 Å². The zero-order chi connectivity index (χ0) is 14.6. The minimum atomic E-state index is -4.44. The highest BCUT2D eigenvalue weighted by Gasteiger charge is 2.34. The molecule has 0 fully saturated rings. The molecule has 2 rings (SSSR count). The van der Waals surface area contributed by atoms with Crippen LogP contribution >= 0.6 is 0 Å². The standard InChI is InChI=1S/C16H15F3O/c17-16(18,19)14-9-5-4-8-13(14)15(20)11-10-12-6-2-1-3-7-12/h1-9,15,20H,10-11H2. The van der Waals surface area contributed by atoms with Crippen molar-refractivity contribution in [2.24, 2.45) is 0 Å². The molecule has 0 aliphatic carbocycles. The number of aliphatic hydroxyl groups excluding tert-OH is 1. The van der Waals surface area contributed by atoms with E-state index in [1.54, 1.807) is 0 Å². The third kappa shape index (κ3) is 3.61. The molecule has 2 aromatic carbocycles. The lowest BCUT2D eigenvalue weighted by Crippen LogP contribution is -2.12. The molecule has 1 unspecified atom stereocenters. The summed E-state index contributed by atoms with van der Waals surface area (Å²) in [6.45, 7) is 0. The van der Waals surface area contributed by atoms with E-state index in [-0.39, 0.29) is 12.0 Å². The van der Waals surface area contributed by atoms with E-state index in [4.69, 9.17) is 0 Å². The molecule has 0 radical (unpaired) electrons. The summed E-state index contributed by atoms with van der Waals surface area (Å²) in [5.41, 5.74) is 0.174. The number of halogens is 3. The second-order valence-corrected chi connectivity index (χ2v) is 4.63. The third-order valence-electron chi connectivity index (χ3n) is 3.17. The second-order valence-electron chi connectivity index (χ2n) is 4.63. The van der Waals surface area contributed by atoms with Crippen LogP contribution in [0, 0.1) is 0 Å². The van der Waals surface area contributed by atoms with Crippen LogP contribution < -0.4 is 0 Å². The lowest BCUT2D eigenvalue weighted by Gasteiger charge is -2.17. The molecule has 0 spiro atoms. The lowest BCUT2D eigenvalue weighted by molar-refractivity contribution is -0.139. The molecule has 0 bridgehead atoms. The van der Waals surface area contributed by atoms with E-state index in [9.17, 15) is 18.3 Å². The third-order valence-corrected chi connectivity index (χ3v) is 3.17. The predicted molar refractivity (Wildman–Crippen MR) is 71.2 cm³/mol. The Kier molecular flexibility index (Phi) is 4.45. The van der Waals surface area contributed by atoms with E-state index >= 15 is 0 Å². The Labute approximate surface area is 115 Å². The Bertz CT molecular complexity index is 549. The predicted octanol–water partition coefficient (Wildman–Crippen LogP) is 4.37. The molecule has 0 saturated carbocycles. The van der Waals surface area contributed by atoms with Gasteiger partial charge in [-0.1, -0.05) is 48.5 Å². The monoisotopic (exact) mass is 280 g/mol. The Hall–Kier alpha value is -1.81. The van der Waals surface area contributed by atoms with Crippen molar-refractivity contribution in [2.45, 2.75) is 25.1 Å². The van der Waals surface area contributed by atoms with Crippen molar-refractivity contribution in [3.63, 3.8) is 0 Å². The summed E-state index contributed by atoms with van der Waals surface area (Å²) in [6, 6.07) is 14.6. The summed E-state index contributed by atoms with van der Waals surface area (Å²) in [5, 5.41) is 10.0.